The zero-order valence-electron chi connectivity index (χ0n) is 15.8. The molecule has 144 valence electrons. The molecule has 28 heavy (non-hydrogen) atoms. The second kappa shape index (κ2) is 7.38. The lowest BCUT2D eigenvalue weighted by molar-refractivity contribution is 0.0703. The summed E-state index contributed by atoms with van der Waals surface area (Å²) in [6.07, 6.45) is 1.71. The molecule has 4 rings (SSSR count). The van der Waals surface area contributed by atoms with Gasteiger partial charge in [-0.25, -0.2) is 0 Å². The molecule has 3 aromatic rings. The highest BCUT2D eigenvalue weighted by Crippen LogP contribution is 2.37. The van der Waals surface area contributed by atoms with Gasteiger partial charge in [0.25, 0.3) is 5.91 Å². The average molecular weight is 379 g/mol. The van der Waals surface area contributed by atoms with Gasteiger partial charge in [-0.1, -0.05) is 18.2 Å². The summed E-state index contributed by atoms with van der Waals surface area (Å²) >= 11 is 0. The Bertz CT molecular complexity index is 1090. The monoisotopic (exact) mass is 379 g/mol. The standard InChI is InChI=1S/C22H21NO5/c1-26-19-10-9-14(12-20(19)27-2)16-7-5-11-23(16)22(25)21-13-17(24)15-6-3-4-8-18(15)28-21/h3-4,6,8-10,12-13,16H,5,7,11H2,1-2H3. The van der Waals surface area contributed by atoms with E-state index in [1.807, 2.05) is 18.2 Å². The molecule has 0 saturated carbocycles. The van der Waals surface area contributed by atoms with Gasteiger partial charge < -0.3 is 18.8 Å². The smallest absolute Gasteiger partial charge is 0.290 e. The van der Waals surface area contributed by atoms with E-state index in [4.69, 9.17) is 13.9 Å². The van der Waals surface area contributed by atoms with Crippen LogP contribution in [0.15, 0.2) is 57.7 Å². The van der Waals surface area contributed by atoms with E-state index in [9.17, 15) is 9.59 Å². The molecule has 6 heteroatoms. The van der Waals surface area contributed by atoms with E-state index < -0.39 is 0 Å². The second-order valence-corrected chi connectivity index (χ2v) is 6.74. The van der Waals surface area contributed by atoms with Crippen LogP contribution in [0.1, 0.15) is 35.0 Å². The maximum atomic E-state index is 13.1. The third-order valence-corrected chi connectivity index (χ3v) is 5.15. The maximum absolute atomic E-state index is 13.1. The molecule has 1 fully saturated rings. The van der Waals surface area contributed by atoms with Crippen molar-refractivity contribution in [3.63, 3.8) is 0 Å². The fourth-order valence-corrected chi connectivity index (χ4v) is 3.77. The molecular weight excluding hydrogens is 358 g/mol. The fraction of sp³-hybridized carbons (Fsp3) is 0.273. The third-order valence-electron chi connectivity index (χ3n) is 5.15. The molecule has 0 bridgehead atoms. The van der Waals surface area contributed by atoms with Crippen LogP contribution in [0.5, 0.6) is 11.5 Å². The van der Waals surface area contributed by atoms with Crippen molar-refractivity contribution < 1.29 is 18.7 Å². The van der Waals surface area contributed by atoms with Crippen LogP contribution in [0.4, 0.5) is 0 Å². The highest BCUT2D eigenvalue weighted by molar-refractivity contribution is 5.93. The van der Waals surface area contributed by atoms with E-state index in [0.29, 0.717) is 29.0 Å². The first kappa shape index (κ1) is 18.1. The van der Waals surface area contributed by atoms with Gasteiger partial charge in [-0.2, -0.15) is 0 Å². The number of likely N-dealkylation sites (tertiary alicyclic amines) is 1. The number of methoxy groups -OCH3 is 2. The molecule has 0 N–H and O–H groups in total. The van der Waals surface area contributed by atoms with Crippen LogP contribution in [0.3, 0.4) is 0 Å². The molecule has 1 saturated heterocycles. The third kappa shape index (κ3) is 3.11. The predicted octanol–water partition coefficient (Wildman–Crippen LogP) is 3.79. The van der Waals surface area contributed by atoms with Crippen LogP contribution in [0.2, 0.25) is 0 Å². The molecule has 0 radical (unpaired) electrons. The molecule has 1 amide bonds. The lowest BCUT2D eigenvalue weighted by Crippen LogP contribution is -2.31. The van der Waals surface area contributed by atoms with E-state index in [1.54, 1.807) is 43.4 Å². The second-order valence-electron chi connectivity index (χ2n) is 6.74. The number of ether oxygens (including phenoxy) is 2. The van der Waals surface area contributed by atoms with Gasteiger partial charge in [0.1, 0.15) is 5.58 Å². The summed E-state index contributed by atoms with van der Waals surface area (Å²) in [6, 6.07) is 13.8. The molecule has 2 aromatic carbocycles. The van der Waals surface area contributed by atoms with Crippen molar-refractivity contribution in [3.05, 3.63) is 70.1 Å². The summed E-state index contributed by atoms with van der Waals surface area (Å²) in [6.45, 7) is 0.606. The van der Waals surface area contributed by atoms with Gasteiger partial charge in [-0.15, -0.1) is 0 Å². The van der Waals surface area contributed by atoms with Gasteiger partial charge in [0.05, 0.1) is 25.6 Å². The Kier molecular flexibility index (Phi) is 4.77. The van der Waals surface area contributed by atoms with Crippen LogP contribution in [0.25, 0.3) is 11.0 Å². The summed E-state index contributed by atoms with van der Waals surface area (Å²) < 4.78 is 16.4. The van der Waals surface area contributed by atoms with Crippen molar-refractivity contribution in [1.29, 1.82) is 0 Å². The largest absolute Gasteiger partial charge is 0.493 e. The lowest BCUT2D eigenvalue weighted by atomic mass is 10.0. The minimum Gasteiger partial charge on any atom is -0.493 e. The first-order valence-corrected chi connectivity index (χ1v) is 9.18. The number of fused-ring (bicyclic) bond motifs is 1. The Balaban J connectivity index is 1.69. The predicted molar refractivity (Wildman–Crippen MR) is 105 cm³/mol. The molecule has 1 atom stereocenters. The molecular formula is C22H21NO5. The SMILES string of the molecule is COc1ccc(C2CCCN2C(=O)c2cc(=O)c3ccccc3o2)cc1OC. The molecule has 0 spiro atoms. The summed E-state index contributed by atoms with van der Waals surface area (Å²) in [4.78, 5) is 27.3. The van der Waals surface area contributed by atoms with E-state index >= 15 is 0 Å². The Morgan fingerprint density at radius 3 is 2.64 bits per heavy atom. The number of hydrogen-bond acceptors (Lipinski definition) is 5. The number of hydrogen-bond donors (Lipinski definition) is 0. The first-order chi connectivity index (χ1) is 13.6. The lowest BCUT2D eigenvalue weighted by Gasteiger charge is -2.25. The topological polar surface area (TPSA) is 69.0 Å². The van der Waals surface area contributed by atoms with Crippen molar-refractivity contribution in [2.45, 2.75) is 18.9 Å². The van der Waals surface area contributed by atoms with Crippen LogP contribution < -0.4 is 14.9 Å². The highest BCUT2D eigenvalue weighted by atomic mass is 16.5. The van der Waals surface area contributed by atoms with Crippen LogP contribution in [-0.4, -0.2) is 31.6 Å². The van der Waals surface area contributed by atoms with Gasteiger partial charge in [-0.3, -0.25) is 9.59 Å². The van der Waals surface area contributed by atoms with Gasteiger partial charge in [-0.05, 0) is 42.7 Å². The van der Waals surface area contributed by atoms with Crippen LogP contribution >= 0.6 is 0 Å². The number of amides is 1. The summed E-state index contributed by atoms with van der Waals surface area (Å²) in [5, 5.41) is 0.469. The Morgan fingerprint density at radius 1 is 1.07 bits per heavy atom. The van der Waals surface area contributed by atoms with Gasteiger partial charge >= 0.3 is 0 Å². The van der Waals surface area contributed by atoms with Gasteiger partial charge in [0.15, 0.2) is 22.7 Å². The quantitative estimate of drug-likeness (QED) is 0.690. The zero-order chi connectivity index (χ0) is 19.7. The van der Waals surface area contributed by atoms with Crippen LogP contribution in [-0.2, 0) is 0 Å². The Labute approximate surface area is 162 Å². The van der Waals surface area contributed by atoms with E-state index in [1.165, 1.54) is 6.07 Å². The number of benzene rings is 2. The number of nitrogens with zero attached hydrogens (tertiary/aromatic N) is 1. The molecule has 0 aliphatic carbocycles. The highest BCUT2D eigenvalue weighted by Gasteiger charge is 2.32. The molecule has 1 unspecified atom stereocenters. The first-order valence-electron chi connectivity index (χ1n) is 9.18. The van der Waals surface area contributed by atoms with Gasteiger partial charge in [0, 0.05) is 12.6 Å². The number of rotatable bonds is 4. The zero-order valence-corrected chi connectivity index (χ0v) is 15.8. The minimum absolute atomic E-state index is 0.0658. The van der Waals surface area contributed by atoms with Crippen LogP contribution in [0, 0.1) is 0 Å². The van der Waals surface area contributed by atoms with Crippen molar-refractivity contribution in [3.8, 4) is 11.5 Å². The number of carbonyl (C=O) groups excluding carboxylic acids is 1. The average Bonchev–Trinajstić information content (AvgIpc) is 3.22. The Morgan fingerprint density at radius 2 is 1.86 bits per heavy atom. The van der Waals surface area contributed by atoms with E-state index in [2.05, 4.69) is 0 Å². The van der Waals surface area contributed by atoms with Crippen molar-refractivity contribution in [2.24, 2.45) is 0 Å². The van der Waals surface area contributed by atoms with E-state index in [0.717, 1.165) is 18.4 Å². The van der Waals surface area contributed by atoms with Crippen molar-refractivity contribution in [2.75, 3.05) is 20.8 Å². The van der Waals surface area contributed by atoms with Crippen molar-refractivity contribution in [1.82, 2.24) is 4.90 Å². The Hall–Kier alpha value is -3.28. The normalized spacial score (nSPS) is 16.4. The fourth-order valence-electron chi connectivity index (χ4n) is 3.77. The molecule has 1 aromatic heterocycles. The summed E-state index contributed by atoms with van der Waals surface area (Å²) in [5.74, 6) is 1.05. The molecule has 1 aliphatic heterocycles. The van der Waals surface area contributed by atoms with E-state index in [-0.39, 0.29) is 23.1 Å². The number of para-hydroxylation sites is 1. The number of carbonyl (C=O) groups is 1. The van der Waals surface area contributed by atoms with Gasteiger partial charge in [0.2, 0.25) is 0 Å². The maximum Gasteiger partial charge on any atom is 0.290 e. The molecule has 6 nitrogen and oxygen atoms in total. The van der Waals surface area contributed by atoms with Crippen molar-refractivity contribution >= 4 is 16.9 Å². The molecule has 1 aliphatic rings. The minimum atomic E-state index is -0.278. The molecule has 2 heterocycles. The summed E-state index contributed by atoms with van der Waals surface area (Å²) in [7, 11) is 3.17. The summed E-state index contributed by atoms with van der Waals surface area (Å²) in [5.41, 5.74) is 1.17.